The molecule has 0 radical (unpaired) electrons. The van der Waals surface area contributed by atoms with Gasteiger partial charge < -0.3 is 11.1 Å². The van der Waals surface area contributed by atoms with Crippen molar-refractivity contribution < 1.29 is 4.79 Å². The summed E-state index contributed by atoms with van der Waals surface area (Å²) in [6.07, 6.45) is 0. The van der Waals surface area contributed by atoms with Crippen LogP contribution in [-0.4, -0.2) is 6.03 Å². The molecule has 0 saturated heterocycles. The van der Waals surface area contributed by atoms with Crippen LogP contribution in [0.4, 0.5) is 10.5 Å². The second-order valence-electron chi connectivity index (χ2n) is 4.02. The average Bonchev–Trinajstić information content (AvgIpc) is 2.29. The third-order valence-electron chi connectivity index (χ3n) is 2.16. The van der Waals surface area contributed by atoms with E-state index in [9.17, 15) is 4.79 Å². The average molecular weight is 242 g/mol. The summed E-state index contributed by atoms with van der Waals surface area (Å²) in [6, 6.07) is 17.3. The third-order valence-corrected chi connectivity index (χ3v) is 2.16. The van der Waals surface area contributed by atoms with E-state index in [-0.39, 0.29) is 0 Å². The number of amides is 2. The lowest BCUT2D eigenvalue weighted by atomic mass is 10.1. The predicted octanol–water partition coefficient (Wildman–Crippen LogP) is 3.48. The first kappa shape index (κ1) is 13.8. The minimum atomic E-state index is -0.528. The van der Waals surface area contributed by atoms with Crippen molar-refractivity contribution in [3.63, 3.8) is 0 Å². The van der Waals surface area contributed by atoms with Gasteiger partial charge in [-0.25, -0.2) is 4.79 Å². The lowest BCUT2D eigenvalue weighted by Crippen LogP contribution is -2.19. The standard InChI is InChI=1S/C9H12N2O.C6H6/c1-6-3-7(2)5-8(4-6)11-9(10)12;1-2-4-6-5-3-1/h3-5H,1-2H3,(H3,10,11,12);1-6H. The molecule has 0 aliphatic heterocycles. The van der Waals surface area contributed by atoms with Crippen molar-refractivity contribution in [1.82, 2.24) is 0 Å². The third kappa shape index (κ3) is 5.70. The van der Waals surface area contributed by atoms with Crippen LogP contribution in [0.3, 0.4) is 0 Å². The van der Waals surface area contributed by atoms with Crippen LogP contribution < -0.4 is 11.1 Å². The van der Waals surface area contributed by atoms with Gasteiger partial charge in [-0.1, -0.05) is 42.5 Å². The Morgan fingerprint density at radius 3 is 1.61 bits per heavy atom. The number of nitrogens with two attached hydrogens (primary N) is 1. The Labute approximate surface area is 108 Å². The fraction of sp³-hybridized carbons (Fsp3) is 0.133. The maximum atomic E-state index is 10.5. The van der Waals surface area contributed by atoms with Crippen LogP contribution in [0, 0.1) is 13.8 Å². The number of nitrogens with one attached hydrogen (secondary N) is 1. The number of rotatable bonds is 1. The quantitative estimate of drug-likeness (QED) is 0.790. The van der Waals surface area contributed by atoms with E-state index >= 15 is 0 Å². The number of primary amides is 1. The molecular formula is C15H18N2O. The Balaban J connectivity index is 0.000000225. The minimum Gasteiger partial charge on any atom is -0.351 e. The van der Waals surface area contributed by atoms with E-state index in [1.54, 1.807) is 0 Å². The molecule has 94 valence electrons. The normalized spacial score (nSPS) is 9.00. The van der Waals surface area contributed by atoms with Crippen LogP contribution in [0.25, 0.3) is 0 Å². The molecule has 2 amide bonds. The number of hydrogen-bond donors (Lipinski definition) is 2. The van der Waals surface area contributed by atoms with Gasteiger partial charge in [0.05, 0.1) is 0 Å². The highest BCUT2D eigenvalue weighted by Crippen LogP contribution is 2.12. The van der Waals surface area contributed by atoms with Crippen molar-refractivity contribution in [2.24, 2.45) is 5.73 Å². The second kappa shape index (κ2) is 7.12. The van der Waals surface area contributed by atoms with Gasteiger partial charge in [0, 0.05) is 5.69 Å². The van der Waals surface area contributed by atoms with Crippen molar-refractivity contribution in [3.05, 3.63) is 65.7 Å². The predicted molar refractivity (Wildman–Crippen MR) is 75.6 cm³/mol. The Kier molecular flexibility index (Phi) is 5.45. The summed E-state index contributed by atoms with van der Waals surface area (Å²) >= 11 is 0. The van der Waals surface area contributed by atoms with Crippen LogP contribution in [0.1, 0.15) is 11.1 Å². The number of benzene rings is 2. The summed E-state index contributed by atoms with van der Waals surface area (Å²) in [5.41, 5.74) is 7.94. The highest BCUT2D eigenvalue weighted by molar-refractivity contribution is 5.87. The topological polar surface area (TPSA) is 55.1 Å². The molecule has 0 aliphatic carbocycles. The maximum Gasteiger partial charge on any atom is 0.316 e. The van der Waals surface area contributed by atoms with Crippen LogP contribution in [0.2, 0.25) is 0 Å². The van der Waals surface area contributed by atoms with Crippen molar-refractivity contribution in [2.75, 3.05) is 5.32 Å². The minimum absolute atomic E-state index is 0.528. The van der Waals surface area contributed by atoms with Crippen molar-refractivity contribution in [2.45, 2.75) is 13.8 Å². The molecule has 3 nitrogen and oxygen atoms in total. The van der Waals surface area contributed by atoms with E-state index in [0.29, 0.717) is 0 Å². The Bertz CT molecular complexity index is 448. The monoisotopic (exact) mass is 242 g/mol. The van der Waals surface area contributed by atoms with Crippen molar-refractivity contribution in [3.8, 4) is 0 Å². The molecule has 2 rings (SSSR count). The van der Waals surface area contributed by atoms with Crippen molar-refractivity contribution >= 4 is 11.7 Å². The van der Waals surface area contributed by atoms with Crippen LogP contribution >= 0.6 is 0 Å². The van der Waals surface area contributed by atoms with Gasteiger partial charge in [-0.3, -0.25) is 0 Å². The Morgan fingerprint density at radius 2 is 1.28 bits per heavy atom. The molecule has 0 atom stereocenters. The van der Waals surface area contributed by atoms with Gasteiger partial charge in [0.2, 0.25) is 0 Å². The van der Waals surface area contributed by atoms with Gasteiger partial charge in [0.15, 0.2) is 0 Å². The molecule has 0 spiro atoms. The highest BCUT2D eigenvalue weighted by atomic mass is 16.2. The summed E-state index contributed by atoms with van der Waals surface area (Å²) in [4.78, 5) is 10.5. The SMILES string of the molecule is Cc1cc(C)cc(NC(N)=O)c1.c1ccccc1. The van der Waals surface area contributed by atoms with E-state index < -0.39 is 6.03 Å². The number of urea groups is 1. The van der Waals surface area contributed by atoms with Crippen molar-refractivity contribution in [1.29, 1.82) is 0 Å². The molecule has 2 aromatic rings. The first-order valence-electron chi connectivity index (χ1n) is 5.72. The zero-order chi connectivity index (χ0) is 13.4. The number of aryl methyl sites for hydroxylation is 2. The molecular weight excluding hydrogens is 224 g/mol. The lowest BCUT2D eigenvalue weighted by Gasteiger charge is -2.03. The summed E-state index contributed by atoms with van der Waals surface area (Å²) < 4.78 is 0. The van der Waals surface area contributed by atoms with Gasteiger partial charge in [0.1, 0.15) is 0 Å². The number of carbonyl (C=O) groups is 1. The van der Waals surface area contributed by atoms with E-state index in [4.69, 9.17) is 5.73 Å². The fourth-order valence-corrected chi connectivity index (χ4v) is 1.57. The summed E-state index contributed by atoms with van der Waals surface area (Å²) in [7, 11) is 0. The maximum absolute atomic E-state index is 10.5. The smallest absolute Gasteiger partial charge is 0.316 e. The fourth-order valence-electron chi connectivity index (χ4n) is 1.57. The molecule has 0 unspecified atom stereocenters. The molecule has 0 fully saturated rings. The van der Waals surface area contributed by atoms with E-state index in [0.717, 1.165) is 16.8 Å². The largest absolute Gasteiger partial charge is 0.351 e. The second-order valence-corrected chi connectivity index (χ2v) is 4.02. The van der Waals surface area contributed by atoms with Gasteiger partial charge in [-0.15, -0.1) is 0 Å². The molecule has 18 heavy (non-hydrogen) atoms. The summed E-state index contributed by atoms with van der Waals surface area (Å²) in [6.45, 7) is 3.94. The van der Waals surface area contributed by atoms with E-state index in [1.807, 2.05) is 68.4 Å². The highest BCUT2D eigenvalue weighted by Gasteiger charge is 1.96. The van der Waals surface area contributed by atoms with E-state index in [1.165, 1.54) is 0 Å². The first-order chi connectivity index (χ1) is 8.58. The van der Waals surface area contributed by atoms with Crippen LogP contribution in [-0.2, 0) is 0 Å². The lowest BCUT2D eigenvalue weighted by molar-refractivity contribution is 0.259. The molecule has 2 aromatic carbocycles. The van der Waals surface area contributed by atoms with Crippen LogP contribution in [0.15, 0.2) is 54.6 Å². The molecule has 0 saturated carbocycles. The summed E-state index contributed by atoms with van der Waals surface area (Å²) in [5, 5.41) is 2.53. The van der Waals surface area contributed by atoms with E-state index in [2.05, 4.69) is 5.32 Å². The zero-order valence-electron chi connectivity index (χ0n) is 10.7. The molecule has 0 aromatic heterocycles. The van der Waals surface area contributed by atoms with Crippen LogP contribution in [0.5, 0.6) is 0 Å². The number of carbonyl (C=O) groups excluding carboxylic acids is 1. The van der Waals surface area contributed by atoms with Gasteiger partial charge in [0.25, 0.3) is 0 Å². The molecule has 0 aliphatic rings. The van der Waals surface area contributed by atoms with Gasteiger partial charge in [-0.2, -0.15) is 0 Å². The van der Waals surface area contributed by atoms with Gasteiger partial charge in [-0.05, 0) is 37.1 Å². The first-order valence-corrected chi connectivity index (χ1v) is 5.72. The molecule has 3 heteroatoms. The zero-order valence-corrected chi connectivity index (χ0v) is 10.7. The Hall–Kier alpha value is -2.29. The molecule has 3 N–H and O–H groups in total. The number of hydrogen-bond acceptors (Lipinski definition) is 1. The van der Waals surface area contributed by atoms with Gasteiger partial charge >= 0.3 is 6.03 Å². The number of anilines is 1. The molecule has 0 heterocycles. The summed E-state index contributed by atoms with van der Waals surface area (Å²) in [5.74, 6) is 0. The molecule has 0 bridgehead atoms. The Morgan fingerprint density at radius 1 is 0.889 bits per heavy atom.